The van der Waals surface area contributed by atoms with Gasteiger partial charge in [-0.3, -0.25) is 0 Å². The summed E-state index contributed by atoms with van der Waals surface area (Å²) in [6, 6.07) is 4.02. The number of hydrogen-bond acceptors (Lipinski definition) is 1. The molecule has 0 N–H and O–H groups in total. The Balaban J connectivity index is 2.87. The highest BCUT2D eigenvalue weighted by molar-refractivity contribution is 6.36. The maximum Gasteiger partial charge on any atom is 0.119 e. The Bertz CT molecular complexity index is 392. The quantitative estimate of drug-likeness (QED) is 0.487. The van der Waals surface area contributed by atoms with Crippen molar-refractivity contribution in [1.29, 1.82) is 0 Å². The summed E-state index contributed by atoms with van der Waals surface area (Å²) >= 11 is 0. The maximum atomic E-state index is 5.66. The fourth-order valence-electron chi connectivity index (χ4n) is 1.11. The van der Waals surface area contributed by atoms with E-state index in [1.54, 1.807) is 10.7 Å². The van der Waals surface area contributed by atoms with Crippen LogP contribution >= 0.6 is 0 Å². The summed E-state index contributed by atoms with van der Waals surface area (Å²) in [5, 5.41) is 4.05. The van der Waals surface area contributed by atoms with Crippen LogP contribution in [0, 0.1) is 6.92 Å². The maximum absolute atomic E-state index is 5.66. The normalized spacial score (nSPS) is 10.6. The summed E-state index contributed by atoms with van der Waals surface area (Å²) in [6.45, 7) is 2.03. The van der Waals surface area contributed by atoms with Crippen LogP contribution in [0.2, 0.25) is 0 Å². The number of rotatable bonds is 0. The molecule has 0 saturated carbocycles. The molecule has 0 bridgehead atoms. The lowest BCUT2D eigenvalue weighted by atomic mass is 9.98. The van der Waals surface area contributed by atoms with Crippen LogP contribution in [0.1, 0.15) is 5.56 Å². The van der Waals surface area contributed by atoms with Crippen LogP contribution in [-0.2, 0) is 0 Å². The number of aryl methyl sites for hydroxylation is 1. The Morgan fingerprint density at radius 1 is 1.55 bits per heavy atom. The van der Waals surface area contributed by atoms with Gasteiger partial charge in [0.1, 0.15) is 7.85 Å². The standard InChI is InChI=1S/C8H7BN2/c1-6-2-3-11-8(4-6)7(9)5-10-11/h2-5H,1H3. The molecule has 2 aromatic heterocycles. The van der Waals surface area contributed by atoms with Crippen LogP contribution in [0.3, 0.4) is 0 Å². The zero-order valence-corrected chi connectivity index (χ0v) is 6.28. The molecule has 2 heterocycles. The first-order valence-corrected chi connectivity index (χ1v) is 3.47. The topological polar surface area (TPSA) is 17.3 Å². The Kier molecular flexibility index (Phi) is 1.25. The summed E-state index contributed by atoms with van der Waals surface area (Å²) < 4.78 is 1.77. The van der Waals surface area contributed by atoms with E-state index in [0.717, 1.165) is 11.0 Å². The van der Waals surface area contributed by atoms with Crippen molar-refractivity contribution in [3.8, 4) is 0 Å². The van der Waals surface area contributed by atoms with Crippen LogP contribution < -0.4 is 5.46 Å². The molecule has 0 aromatic carbocycles. The van der Waals surface area contributed by atoms with E-state index in [0.29, 0.717) is 0 Å². The first-order valence-electron chi connectivity index (χ1n) is 3.47. The molecule has 2 aromatic rings. The van der Waals surface area contributed by atoms with Crippen molar-refractivity contribution in [2.24, 2.45) is 0 Å². The molecule has 0 fully saturated rings. The van der Waals surface area contributed by atoms with Crippen LogP contribution in [0.4, 0.5) is 0 Å². The summed E-state index contributed by atoms with van der Waals surface area (Å²) in [5.74, 6) is 0. The summed E-state index contributed by atoms with van der Waals surface area (Å²) in [5.41, 5.74) is 2.91. The molecule has 2 rings (SSSR count). The molecule has 0 unspecified atom stereocenters. The van der Waals surface area contributed by atoms with E-state index in [4.69, 9.17) is 7.85 Å². The summed E-state index contributed by atoms with van der Waals surface area (Å²) in [7, 11) is 5.66. The summed E-state index contributed by atoms with van der Waals surface area (Å²) in [6.07, 6.45) is 3.57. The van der Waals surface area contributed by atoms with Gasteiger partial charge in [0.15, 0.2) is 0 Å². The molecule has 0 aliphatic carbocycles. The molecule has 0 spiro atoms. The average Bonchev–Trinajstić information content (AvgIpc) is 2.33. The van der Waals surface area contributed by atoms with E-state index >= 15 is 0 Å². The summed E-state index contributed by atoms with van der Waals surface area (Å²) in [4.78, 5) is 0. The SMILES string of the molecule is [B]c1cnn2ccc(C)cc12. The van der Waals surface area contributed by atoms with Gasteiger partial charge in [-0.15, -0.1) is 0 Å². The van der Waals surface area contributed by atoms with Gasteiger partial charge in [0.05, 0.1) is 5.52 Å². The lowest BCUT2D eigenvalue weighted by Gasteiger charge is -1.94. The van der Waals surface area contributed by atoms with Gasteiger partial charge < -0.3 is 0 Å². The van der Waals surface area contributed by atoms with E-state index in [-0.39, 0.29) is 0 Å². The van der Waals surface area contributed by atoms with E-state index < -0.39 is 0 Å². The van der Waals surface area contributed by atoms with Gasteiger partial charge in [-0.2, -0.15) is 5.10 Å². The zero-order chi connectivity index (χ0) is 7.84. The van der Waals surface area contributed by atoms with Gasteiger partial charge in [0, 0.05) is 12.4 Å². The molecule has 0 aliphatic rings. The molecule has 2 radical (unpaired) electrons. The number of hydrogen-bond donors (Lipinski definition) is 0. The molecule has 3 heteroatoms. The predicted octanol–water partition coefficient (Wildman–Crippen LogP) is 0.437. The van der Waals surface area contributed by atoms with Gasteiger partial charge in [0.25, 0.3) is 0 Å². The van der Waals surface area contributed by atoms with E-state index in [9.17, 15) is 0 Å². The van der Waals surface area contributed by atoms with Gasteiger partial charge in [-0.1, -0.05) is 5.46 Å². The lowest BCUT2D eigenvalue weighted by Crippen LogP contribution is -1.99. The average molecular weight is 142 g/mol. The van der Waals surface area contributed by atoms with E-state index in [1.165, 1.54) is 5.56 Å². The number of fused-ring (bicyclic) bond motifs is 1. The van der Waals surface area contributed by atoms with Crippen LogP contribution in [-0.4, -0.2) is 17.5 Å². The van der Waals surface area contributed by atoms with Crippen molar-refractivity contribution < 1.29 is 0 Å². The largest absolute Gasteiger partial charge is 0.242 e. The molecular weight excluding hydrogens is 135 g/mol. The van der Waals surface area contributed by atoms with Gasteiger partial charge >= 0.3 is 0 Å². The van der Waals surface area contributed by atoms with Crippen LogP contribution in [0.15, 0.2) is 24.5 Å². The van der Waals surface area contributed by atoms with Crippen molar-refractivity contribution in [1.82, 2.24) is 9.61 Å². The predicted molar refractivity (Wildman–Crippen MR) is 45.3 cm³/mol. The second-order valence-corrected chi connectivity index (χ2v) is 2.63. The minimum Gasteiger partial charge on any atom is -0.242 e. The van der Waals surface area contributed by atoms with Crippen molar-refractivity contribution in [3.63, 3.8) is 0 Å². The van der Waals surface area contributed by atoms with Crippen molar-refractivity contribution in [2.75, 3.05) is 0 Å². The first kappa shape index (κ1) is 6.46. The van der Waals surface area contributed by atoms with Crippen LogP contribution in [0.25, 0.3) is 5.52 Å². The molecule has 0 atom stereocenters. The fraction of sp³-hybridized carbons (Fsp3) is 0.125. The second kappa shape index (κ2) is 2.12. The molecule has 0 amide bonds. The van der Waals surface area contributed by atoms with E-state index in [1.807, 2.05) is 25.3 Å². The molecule has 52 valence electrons. The third kappa shape index (κ3) is 0.927. The van der Waals surface area contributed by atoms with Crippen LogP contribution in [0.5, 0.6) is 0 Å². The third-order valence-electron chi connectivity index (χ3n) is 1.71. The van der Waals surface area contributed by atoms with Gasteiger partial charge in [0.2, 0.25) is 0 Å². The van der Waals surface area contributed by atoms with Gasteiger partial charge in [-0.25, -0.2) is 4.52 Å². The molecule has 0 aliphatic heterocycles. The molecule has 2 nitrogen and oxygen atoms in total. The second-order valence-electron chi connectivity index (χ2n) is 2.63. The smallest absolute Gasteiger partial charge is 0.119 e. The monoisotopic (exact) mass is 142 g/mol. The van der Waals surface area contributed by atoms with Crippen molar-refractivity contribution >= 4 is 18.8 Å². The number of pyridine rings is 1. The molecular formula is C8H7BN2. The molecule has 0 saturated heterocycles. The van der Waals surface area contributed by atoms with Crippen molar-refractivity contribution in [2.45, 2.75) is 6.92 Å². The van der Waals surface area contributed by atoms with E-state index in [2.05, 4.69) is 5.10 Å². The Hall–Kier alpha value is -1.25. The highest BCUT2D eigenvalue weighted by Crippen LogP contribution is 2.01. The Labute approximate surface area is 66.3 Å². The fourth-order valence-corrected chi connectivity index (χ4v) is 1.11. The third-order valence-corrected chi connectivity index (χ3v) is 1.71. The Morgan fingerprint density at radius 2 is 2.36 bits per heavy atom. The molecule has 11 heavy (non-hydrogen) atoms. The lowest BCUT2D eigenvalue weighted by molar-refractivity contribution is 0.958. The van der Waals surface area contributed by atoms with Gasteiger partial charge in [-0.05, 0) is 24.6 Å². The number of aromatic nitrogens is 2. The highest BCUT2D eigenvalue weighted by Gasteiger charge is 1.96. The highest BCUT2D eigenvalue weighted by atomic mass is 15.2. The zero-order valence-electron chi connectivity index (χ0n) is 6.28. The Morgan fingerprint density at radius 3 is 3.18 bits per heavy atom. The number of nitrogens with zero attached hydrogens (tertiary/aromatic N) is 2. The first-order chi connectivity index (χ1) is 5.27. The minimum atomic E-state index is 0.730. The van der Waals surface area contributed by atoms with Crippen molar-refractivity contribution in [3.05, 3.63) is 30.1 Å². The minimum absolute atomic E-state index is 0.730.